The van der Waals surface area contributed by atoms with Gasteiger partial charge in [0.2, 0.25) is 0 Å². The second kappa shape index (κ2) is 15.3. The molecule has 9 aromatic rings. The zero-order valence-electron chi connectivity index (χ0n) is 35.7. The number of benzene rings is 5. The number of hydrogen-bond acceptors (Lipinski definition) is 3. The molecular weight excluding hydrogens is 918 g/mol. The van der Waals surface area contributed by atoms with Gasteiger partial charge in [-0.2, -0.15) is 18.2 Å². The molecule has 0 bridgehead atoms. The van der Waals surface area contributed by atoms with Crippen molar-refractivity contribution in [2.24, 2.45) is 0 Å². The van der Waals surface area contributed by atoms with Gasteiger partial charge in [-0.1, -0.05) is 164 Å². The van der Waals surface area contributed by atoms with Crippen molar-refractivity contribution in [3.05, 3.63) is 169 Å². The van der Waals surface area contributed by atoms with Gasteiger partial charge in [-0.25, -0.2) is 4.98 Å². The van der Waals surface area contributed by atoms with Gasteiger partial charge < -0.3 is 9.30 Å². The summed E-state index contributed by atoms with van der Waals surface area (Å²) in [5.41, 5.74) is 10.6. The van der Waals surface area contributed by atoms with E-state index in [0.29, 0.717) is 17.3 Å². The minimum absolute atomic E-state index is 0. The van der Waals surface area contributed by atoms with E-state index >= 15 is 0 Å². The molecule has 0 fully saturated rings. The van der Waals surface area contributed by atoms with Crippen molar-refractivity contribution in [2.75, 3.05) is 0 Å². The van der Waals surface area contributed by atoms with Crippen molar-refractivity contribution < 1.29 is 30.4 Å². The quantitative estimate of drug-likeness (QED) is 0.123. The van der Waals surface area contributed by atoms with Gasteiger partial charge >= 0.3 is 0 Å². The summed E-state index contributed by atoms with van der Waals surface area (Å²) in [7, 11) is 0. The molecule has 5 aromatic carbocycles. The second-order valence-corrected chi connectivity index (χ2v) is 18.5. The number of aromatic nitrogens is 5. The van der Waals surface area contributed by atoms with Crippen LogP contribution in [0.3, 0.4) is 0 Å². The summed E-state index contributed by atoms with van der Waals surface area (Å²) >= 11 is 0. The largest absolute Gasteiger partial charge is 0.521 e. The summed E-state index contributed by atoms with van der Waals surface area (Å²) in [6, 6.07) is 49.7. The van der Waals surface area contributed by atoms with Crippen LogP contribution in [0.4, 0.5) is 0 Å². The molecule has 304 valence electrons. The summed E-state index contributed by atoms with van der Waals surface area (Å²) in [5, 5.41) is 2.19. The molecule has 0 aliphatic rings. The standard InChI is InChI=1S/C53H49N5O.Pt/c1-51(2,3)36-23-25-55-50(30-36)58-44-20-14-13-19-41(44)43-32-42(35-17-11-10-12-18-35)48(33-47(43)58)59-40-24-26-54-49(31-40)57-34-56(45-21-15-16-22-46(45)57)39-28-37(52(4,5)6)27-38(29-39)53(7,8)9;/h10-30,32H,1-9H3;/q-2;. The number of nitrogens with zero attached hydrogens (tertiary/aromatic N) is 5. The summed E-state index contributed by atoms with van der Waals surface area (Å²) in [6.45, 7) is 20.3. The number of ether oxygens (including phenoxy) is 1. The average Bonchev–Trinajstić information content (AvgIpc) is 3.76. The van der Waals surface area contributed by atoms with Crippen LogP contribution in [0.2, 0.25) is 0 Å². The van der Waals surface area contributed by atoms with Gasteiger partial charge in [0.25, 0.3) is 6.33 Å². The normalized spacial score (nSPS) is 12.3. The van der Waals surface area contributed by atoms with E-state index in [2.05, 4.69) is 193 Å². The fourth-order valence-electron chi connectivity index (χ4n) is 7.73. The SMILES string of the molecule is CC(C)(C)c1cc(-[n+]2[c-]n(-c3[c-]c(Oc4[c-]c5c(cc4-c4ccccc4)c4ccccc4n5-c4cc(C(C)(C)C)ccn4)ccn3)c3ccccc32)cc(C(C)(C)C)c1.[Pt]. The maximum Gasteiger partial charge on any atom is 0.269 e. The third-order valence-electron chi connectivity index (χ3n) is 11.2. The molecule has 0 atom stereocenters. The number of imidazole rings is 1. The molecule has 0 aliphatic carbocycles. The van der Waals surface area contributed by atoms with Gasteiger partial charge in [0.15, 0.2) is 0 Å². The first-order chi connectivity index (χ1) is 28.1. The van der Waals surface area contributed by atoms with E-state index in [9.17, 15) is 0 Å². The molecule has 0 saturated heterocycles. The Morgan fingerprint density at radius 2 is 1.22 bits per heavy atom. The molecule has 0 aliphatic heterocycles. The first-order valence-electron chi connectivity index (χ1n) is 20.3. The van der Waals surface area contributed by atoms with Crippen molar-refractivity contribution in [2.45, 2.75) is 78.6 Å². The van der Waals surface area contributed by atoms with Crippen LogP contribution in [0.15, 0.2) is 134 Å². The van der Waals surface area contributed by atoms with Gasteiger partial charge in [0, 0.05) is 38.5 Å². The Labute approximate surface area is 367 Å². The number of rotatable bonds is 6. The molecular formula is C53H49N5OPt-2. The Bertz CT molecular complexity index is 3000. The topological polar surface area (TPSA) is 48.8 Å². The number of hydrogen-bond donors (Lipinski definition) is 0. The minimum atomic E-state index is -0.0443. The molecule has 4 heterocycles. The third kappa shape index (κ3) is 7.58. The van der Waals surface area contributed by atoms with Crippen LogP contribution < -0.4 is 9.30 Å². The fourth-order valence-corrected chi connectivity index (χ4v) is 7.73. The summed E-state index contributed by atoms with van der Waals surface area (Å²) in [4.78, 5) is 9.72. The fraction of sp³-hybridized carbons (Fsp3) is 0.226. The zero-order valence-corrected chi connectivity index (χ0v) is 37.9. The van der Waals surface area contributed by atoms with Crippen molar-refractivity contribution in [3.8, 4) is 39.9 Å². The predicted molar refractivity (Wildman–Crippen MR) is 239 cm³/mol. The first kappa shape index (κ1) is 40.9. The first-order valence-corrected chi connectivity index (χ1v) is 20.3. The molecule has 0 unspecified atom stereocenters. The molecule has 0 radical (unpaired) electrons. The third-order valence-corrected chi connectivity index (χ3v) is 11.2. The van der Waals surface area contributed by atoms with Crippen LogP contribution in [0.1, 0.15) is 79.0 Å². The Morgan fingerprint density at radius 3 is 1.92 bits per heavy atom. The Morgan fingerprint density at radius 1 is 0.583 bits per heavy atom. The van der Waals surface area contributed by atoms with E-state index in [-0.39, 0.29) is 37.3 Å². The molecule has 60 heavy (non-hydrogen) atoms. The summed E-state index contributed by atoms with van der Waals surface area (Å²) in [6.07, 6.45) is 7.32. The number of para-hydroxylation sites is 3. The van der Waals surface area contributed by atoms with Crippen LogP contribution in [0.25, 0.3) is 61.3 Å². The van der Waals surface area contributed by atoms with E-state index < -0.39 is 0 Å². The maximum absolute atomic E-state index is 6.89. The molecule has 7 heteroatoms. The average molecular weight is 967 g/mol. The number of pyridine rings is 2. The number of fused-ring (bicyclic) bond motifs is 4. The van der Waals surface area contributed by atoms with Crippen molar-refractivity contribution in [3.63, 3.8) is 0 Å². The molecule has 0 amide bonds. The van der Waals surface area contributed by atoms with E-state index in [1.54, 1.807) is 6.20 Å². The minimum Gasteiger partial charge on any atom is -0.521 e. The zero-order chi connectivity index (χ0) is 41.3. The summed E-state index contributed by atoms with van der Waals surface area (Å²) < 4.78 is 13.2. The molecule has 0 spiro atoms. The van der Waals surface area contributed by atoms with Crippen molar-refractivity contribution in [1.82, 2.24) is 19.1 Å². The van der Waals surface area contributed by atoms with E-state index in [1.807, 2.05) is 29.0 Å². The Kier molecular flexibility index (Phi) is 10.4. The van der Waals surface area contributed by atoms with E-state index in [0.717, 1.165) is 55.5 Å². The summed E-state index contributed by atoms with van der Waals surface area (Å²) in [5.74, 6) is 2.50. The molecule has 9 rings (SSSR count). The Hall–Kier alpha value is -5.84. The smallest absolute Gasteiger partial charge is 0.269 e. The van der Waals surface area contributed by atoms with Gasteiger partial charge in [-0.3, -0.25) is 14.1 Å². The van der Waals surface area contributed by atoms with Crippen molar-refractivity contribution >= 4 is 32.8 Å². The van der Waals surface area contributed by atoms with Gasteiger partial charge in [-0.15, -0.1) is 11.5 Å². The molecule has 4 aromatic heterocycles. The molecule has 6 nitrogen and oxygen atoms in total. The van der Waals surface area contributed by atoms with E-state index in [1.165, 1.54) is 16.7 Å². The van der Waals surface area contributed by atoms with Gasteiger partial charge in [0.05, 0.1) is 22.5 Å². The Balaban J connectivity index is 0.00000499. The molecule has 0 saturated carbocycles. The molecule has 0 N–H and O–H groups in total. The van der Waals surface area contributed by atoms with Crippen LogP contribution in [0, 0.1) is 18.5 Å². The van der Waals surface area contributed by atoms with Crippen LogP contribution in [-0.4, -0.2) is 19.1 Å². The van der Waals surface area contributed by atoms with Crippen molar-refractivity contribution in [1.29, 1.82) is 0 Å². The van der Waals surface area contributed by atoms with Gasteiger partial charge in [-0.05, 0) is 74.4 Å². The predicted octanol–water partition coefficient (Wildman–Crippen LogP) is 12.5. The van der Waals surface area contributed by atoms with Crippen LogP contribution in [0.5, 0.6) is 11.5 Å². The van der Waals surface area contributed by atoms with Gasteiger partial charge in [0.1, 0.15) is 5.82 Å². The van der Waals surface area contributed by atoms with Crippen LogP contribution in [-0.2, 0) is 37.3 Å². The monoisotopic (exact) mass is 966 g/mol. The second-order valence-electron chi connectivity index (χ2n) is 18.5. The maximum atomic E-state index is 6.89. The van der Waals surface area contributed by atoms with Crippen LogP contribution >= 0.6 is 0 Å². The van der Waals surface area contributed by atoms with E-state index in [4.69, 9.17) is 14.7 Å².